The second-order valence-corrected chi connectivity index (χ2v) is 6.08. The maximum Gasteiger partial charge on any atom is 0.225 e. The van der Waals surface area contributed by atoms with Crippen molar-refractivity contribution in [1.29, 1.82) is 0 Å². The molecule has 3 unspecified atom stereocenters. The Bertz CT molecular complexity index is 413. The minimum atomic E-state index is 0.540. The lowest BCUT2D eigenvalue weighted by atomic mass is 9.66. The monoisotopic (exact) mass is 248 g/mol. The average molecular weight is 248 g/mol. The van der Waals surface area contributed by atoms with Crippen LogP contribution in [0.1, 0.15) is 69.0 Å². The first-order valence-electron chi connectivity index (χ1n) is 7.53. The highest BCUT2D eigenvalue weighted by Gasteiger charge is 2.34. The Hall–Kier alpha value is -0.990. The number of rotatable bonds is 2. The van der Waals surface area contributed by atoms with Crippen LogP contribution in [0.25, 0.3) is 0 Å². The van der Waals surface area contributed by atoms with Crippen LogP contribution in [0.15, 0.2) is 4.52 Å². The molecule has 0 bridgehead atoms. The Labute approximate surface area is 109 Å². The molecule has 0 aliphatic heterocycles. The minimum absolute atomic E-state index is 0.540. The van der Waals surface area contributed by atoms with Gasteiger partial charge in [0.2, 0.25) is 5.88 Å². The Morgan fingerprint density at radius 2 is 1.94 bits per heavy atom. The molecular weight excluding hydrogens is 224 g/mol. The summed E-state index contributed by atoms with van der Waals surface area (Å²) in [5.41, 5.74) is 8.19. The molecular formula is C15H24N2O. The highest BCUT2D eigenvalue weighted by Crippen LogP contribution is 2.46. The fraction of sp³-hybridized carbons (Fsp3) is 0.800. The largest absolute Gasteiger partial charge is 0.367 e. The topological polar surface area (TPSA) is 52.0 Å². The number of nitrogen functional groups attached to an aromatic ring is 1. The molecule has 18 heavy (non-hydrogen) atoms. The summed E-state index contributed by atoms with van der Waals surface area (Å²) in [6.45, 7) is 2.14. The van der Waals surface area contributed by atoms with Gasteiger partial charge < -0.3 is 10.3 Å². The number of aromatic nitrogens is 1. The molecule has 0 saturated heterocycles. The van der Waals surface area contributed by atoms with E-state index in [2.05, 4.69) is 12.1 Å². The Morgan fingerprint density at radius 3 is 2.72 bits per heavy atom. The van der Waals surface area contributed by atoms with E-state index in [4.69, 9.17) is 10.3 Å². The van der Waals surface area contributed by atoms with Gasteiger partial charge in [-0.05, 0) is 37.5 Å². The quantitative estimate of drug-likeness (QED) is 0.863. The van der Waals surface area contributed by atoms with E-state index in [1.54, 1.807) is 0 Å². The fourth-order valence-corrected chi connectivity index (χ4v) is 4.13. The van der Waals surface area contributed by atoms with E-state index in [9.17, 15) is 0 Å². The van der Waals surface area contributed by atoms with Gasteiger partial charge in [0.1, 0.15) is 0 Å². The van der Waals surface area contributed by atoms with E-state index in [1.165, 1.54) is 50.6 Å². The Kier molecular flexibility index (Phi) is 3.31. The number of nitrogens with zero attached hydrogens (tertiary/aromatic N) is 1. The molecule has 1 aromatic heterocycles. The second kappa shape index (κ2) is 4.94. The van der Waals surface area contributed by atoms with Crippen molar-refractivity contribution in [3.05, 3.63) is 11.3 Å². The van der Waals surface area contributed by atoms with Crippen LogP contribution in [0.2, 0.25) is 0 Å². The Morgan fingerprint density at radius 1 is 1.17 bits per heavy atom. The summed E-state index contributed by atoms with van der Waals surface area (Å²) in [5.74, 6) is 3.06. The lowest BCUT2D eigenvalue weighted by Gasteiger charge is -2.38. The number of fused-ring (bicyclic) bond motifs is 1. The van der Waals surface area contributed by atoms with Crippen molar-refractivity contribution in [3.63, 3.8) is 0 Å². The molecule has 3 rings (SSSR count). The normalized spacial score (nSPS) is 32.2. The summed E-state index contributed by atoms with van der Waals surface area (Å²) in [7, 11) is 0. The summed E-state index contributed by atoms with van der Waals surface area (Å²) in [6, 6.07) is 0. The smallest absolute Gasteiger partial charge is 0.225 e. The maximum atomic E-state index is 5.86. The second-order valence-electron chi connectivity index (χ2n) is 6.08. The fourth-order valence-electron chi connectivity index (χ4n) is 4.13. The summed E-state index contributed by atoms with van der Waals surface area (Å²) in [5, 5.41) is 4.25. The van der Waals surface area contributed by atoms with Gasteiger partial charge in [0.15, 0.2) is 0 Å². The molecule has 0 spiro atoms. The molecule has 3 heteroatoms. The molecule has 0 aromatic carbocycles. The van der Waals surface area contributed by atoms with Gasteiger partial charge in [-0.2, -0.15) is 0 Å². The molecule has 2 saturated carbocycles. The van der Waals surface area contributed by atoms with Crippen molar-refractivity contribution in [2.45, 2.75) is 64.2 Å². The molecule has 0 radical (unpaired) electrons. The molecule has 1 heterocycles. The molecule has 3 atom stereocenters. The molecule has 2 aliphatic carbocycles. The average Bonchev–Trinajstić information content (AvgIpc) is 2.79. The lowest BCUT2D eigenvalue weighted by Crippen LogP contribution is -2.27. The highest BCUT2D eigenvalue weighted by atomic mass is 16.5. The van der Waals surface area contributed by atoms with Crippen LogP contribution >= 0.6 is 0 Å². The number of anilines is 1. The molecule has 100 valence electrons. The van der Waals surface area contributed by atoms with Crippen molar-refractivity contribution in [2.75, 3.05) is 5.73 Å². The maximum absolute atomic E-state index is 5.86. The predicted octanol–water partition coefficient (Wildman–Crippen LogP) is 3.89. The third kappa shape index (κ3) is 2.04. The van der Waals surface area contributed by atoms with Crippen molar-refractivity contribution in [3.8, 4) is 0 Å². The summed E-state index contributed by atoms with van der Waals surface area (Å²) in [6.07, 6.45) is 10.7. The number of hydrogen-bond acceptors (Lipinski definition) is 3. The molecule has 2 fully saturated rings. The first-order chi connectivity index (χ1) is 8.79. The van der Waals surface area contributed by atoms with Gasteiger partial charge in [0, 0.05) is 11.5 Å². The molecule has 3 nitrogen and oxygen atoms in total. The van der Waals surface area contributed by atoms with Crippen LogP contribution in [0.3, 0.4) is 0 Å². The Balaban J connectivity index is 1.77. The van der Waals surface area contributed by atoms with Gasteiger partial charge in [-0.15, -0.1) is 0 Å². The molecule has 2 aliphatic rings. The van der Waals surface area contributed by atoms with Crippen molar-refractivity contribution >= 4 is 5.88 Å². The van der Waals surface area contributed by atoms with Gasteiger partial charge in [0.05, 0.1) is 5.69 Å². The third-order valence-electron chi connectivity index (χ3n) is 5.13. The van der Waals surface area contributed by atoms with Gasteiger partial charge in [-0.25, -0.2) is 0 Å². The third-order valence-corrected chi connectivity index (χ3v) is 5.13. The zero-order valence-corrected chi connectivity index (χ0v) is 11.3. The molecule has 1 aromatic rings. The van der Waals surface area contributed by atoms with E-state index in [1.807, 2.05) is 0 Å². The zero-order valence-electron chi connectivity index (χ0n) is 11.3. The molecule has 2 N–H and O–H groups in total. The highest BCUT2D eigenvalue weighted by molar-refractivity contribution is 5.40. The summed E-state index contributed by atoms with van der Waals surface area (Å²) >= 11 is 0. The van der Waals surface area contributed by atoms with Gasteiger partial charge in [-0.1, -0.05) is 37.8 Å². The summed E-state index contributed by atoms with van der Waals surface area (Å²) in [4.78, 5) is 0. The van der Waals surface area contributed by atoms with Crippen molar-refractivity contribution in [1.82, 2.24) is 5.16 Å². The van der Waals surface area contributed by atoms with E-state index in [-0.39, 0.29) is 0 Å². The van der Waals surface area contributed by atoms with Crippen molar-refractivity contribution in [2.24, 2.45) is 11.8 Å². The van der Waals surface area contributed by atoms with Crippen LogP contribution < -0.4 is 5.73 Å². The minimum Gasteiger partial charge on any atom is -0.367 e. The SMILES string of the molecule is CCc1c(C2CCC3CCCCC3C2)noc1N. The standard InChI is InChI=1S/C15H24N2O/c1-2-13-14(17-18-15(13)16)12-8-7-10-5-3-4-6-11(10)9-12/h10-12H,2-9,16H2,1H3. The lowest BCUT2D eigenvalue weighted by molar-refractivity contribution is 0.153. The summed E-state index contributed by atoms with van der Waals surface area (Å²) < 4.78 is 5.20. The zero-order chi connectivity index (χ0) is 12.5. The first-order valence-corrected chi connectivity index (χ1v) is 7.53. The first kappa shape index (κ1) is 12.1. The van der Waals surface area contributed by atoms with Crippen LogP contribution in [-0.4, -0.2) is 5.16 Å². The van der Waals surface area contributed by atoms with Gasteiger partial charge in [0.25, 0.3) is 0 Å². The predicted molar refractivity (Wildman–Crippen MR) is 72.3 cm³/mol. The van der Waals surface area contributed by atoms with Gasteiger partial charge in [-0.3, -0.25) is 0 Å². The van der Waals surface area contributed by atoms with Gasteiger partial charge >= 0.3 is 0 Å². The van der Waals surface area contributed by atoms with Crippen LogP contribution in [0.5, 0.6) is 0 Å². The molecule has 0 amide bonds. The van der Waals surface area contributed by atoms with E-state index in [0.29, 0.717) is 11.8 Å². The van der Waals surface area contributed by atoms with Crippen LogP contribution in [-0.2, 0) is 6.42 Å². The van der Waals surface area contributed by atoms with E-state index in [0.717, 1.165) is 23.8 Å². The number of hydrogen-bond donors (Lipinski definition) is 1. The van der Waals surface area contributed by atoms with E-state index < -0.39 is 0 Å². The van der Waals surface area contributed by atoms with E-state index >= 15 is 0 Å². The van der Waals surface area contributed by atoms with Crippen molar-refractivity contribution < 1.29 is 4.52 Å². The number of nitrogens with two attached hydrogens (primary N) is 1. The van der Waals surface area contributed by atoms with Crippen LogP contribution in [0.4, 0.5) is 5.88 Å². The van der Waals surface area contributed by atoms with Crippen LogP contribution in [0, 0.1) is 11.8 Å².